The standard InChI is InChI=1S/C21H13F7N4O2/c22-13-5-1-11(2-6-13)17-15(16-10-34-18(30-16)21(26,27)28)9-32(31-17)19(33)29-14-7-3-12(4-8-14)20(23,24)25/h1-8,10,15H,9H2,(H,29,33). The van der Waals surface area contributed by atoms with Gasteiger partial charge in [-0.2, -0.15) is 31.4 Å². The first-order valence-corrected chi connectivity index (χ1v) is 9.54. The molecule has 0 aliphatic carbocycles. The van der Waals surface area contributed by atoms with Gasteiger partial charge in [0.15, 0.2) is 0 Å². The lowest BCUT2D eigenvalue weighted by Gasteiger charge is -2.15. The lowest BCUT2D eigenvalue weighted by atomic mass is 9.95. The van der Waals surface area contributed by atoms with Crippen LogP contribution in [0.5, 0.6) is 0 Å². The molecule has 1 aromatic heterocycles. The number of nitrogens with zero attached hydrogens (tertiary/aromatic N) is 3. The van der Waals surface area contributed by atoms with Gasteiger partial charge >= 0.3 is 24.3 Å². The van der Waals surface area contributed by atoms with Gasteiger partial charge in [-0.05, 0) is 42.0 Å². The summed E-state index contributed by atoms with van der Waals surface area (Å²) in [6.45, 7) is -0.247. The summed E-state index contributed by atoms with van der Waals surface area (Å²) >= 11 is 0. The molecule has 0 saturated carbocycles. The van der Waals surface area contributed by atoms with Crippen LogP contribution in [0.2, 0.25) is 0 Å². The van der Waals surface area contributed by atoms with E-state index in [4.69, 9.17) is 0 Å². The Balaban J connectivity index is 1.60. The highest BCUT2D eigenvalue weighted by atomic mass is 19.4. The summed E-state index contributed by atoms with van der Waals surface area (Å²) in [5, 5.41) is 7.41. The van der Waals surface area contributed by atoms with E-state index in [1.54, 1.807) is 0 Å². The highest BCUT2D eigenvalue weighted by molar-refractivity contribution is 6.07. The van der Waals surface area contributed by atoms with Crippen molar-refractivity contribution in [1.82, 2.24) is 9.99 Å². The molecule has 0 saturated heterocycles. The van der Waals surface area contributed by atoms with Gasteiger partial charge in [0.05, 0.1) is 29.4 Å². The smallest absolute Gasteiger partial charge is 0.441 e. The van der Waals surface area contributed by atoms with E-state index >= 15 is 0 Å². The van der Waals surface area contributed by atoms with Crippen LogP contribution in [-0.2, 0) is 12.4 Å². The monoisotopic (exact) mass is 486 g/mol. The average Bonchev–Trinajstić information content (AvgIpc) is 3.41. The van der Waals surface area contributed by atoms with Gasteiger partial charge in [0.2, 0.25) is 0 Å². The molecular weight excluding hydrogens is 473 g/mol. The average molecular weight is 486 g/mol. The van der Waals surface area contributed by atoms with E-state index in [-0.39, 0.29) is 23.6 Å². The van der Waals surface area contributed by atoms with Gasteiger partial charge in [-0.3, -0.25) is 0 Å². The quantitative estimate of drug-likeness (QED) is 0.470. The first-order valence-electron chi connectivity index (χ1n) is 9.54. The number of nitrogens with one attached hydrogen (secondary N) is 1. The van der Waals surface area contributed by atoms with Crippen LogP contribution in [-0.4, -0.2) is 28.3 Å². The summed E-state index contributed by atoms with van der Waals surface area (Å²) in [6, 6.07) is 7.72. The number of hydrazone groups is 1. The SMILES string of the molecule is O=C(Nc1ccc(C(F)(F)F)cc1)N1CC(c2coc(C(F)(F)F)n2)C(c2ccc(F)cc2)=N1. The Kier molecular flexibility index (Phi) is 5.79. The number of aromatic nitrogens is 1. The molecular formula is C21H13F7N4O2. The highest BCUT2D eigenvalue weighted by Crippen LogP contribution is 2.34. The number of halogens is 7. The first kappa shape index (κ1) is 23.3. The second-order valence-corrected chi connectivity index (χ2v) is 7.21. The van der Waals surface area contributed by atoms with E-state index in [2.05, 4.69) is 19.8 Å². The zero-order valence-electron chi connectivity index (χ0n) is 16.8. The minimum atomic E-state index is -4.83. The maximum Gasteiger partial charge on any atom is 0.468 e. The Hall–Kier alpha value is -3.90. The Morgan fingerprint density at radius 2 is 1.62 bits per heavy atom. The Bertz CT molecular complexity index is 1220. The zero-order valence-corrected chi connectivity index (χ0v) is 16.8. The van der Waals surface area contributed by atoms with E-state index < -0.39 is 41.6 Å². The van der Waals surface area contributed by atoms with E-state index in [0.29, 0.717) is 5.56 Å². The molecule has 0 bridgehead atoms. The number of hydrogen-bond acceptors (Lipinski definition) is 4. The van der Waals surface area contributed by atoms with Crippen molar-refractivity contribution in [2.75, 3.05) is 11.9 Å². The topological polar surface area (TPSA) is 70.7 Å². The third-order valence-corrected chi connectivity index (χ3v) is 4.87. The molecule has 0 spiro atoms. The van der Waals surface area contributed by atoms with Crippen LogP contribution in [0.1, 0.15) is 28.6 Å². The van der Waals surface area contributed by atoms with Crippen molar-refractivity contribution >= 4 is 17.4 Å². The summed E-state index contributed by atoms with van der Waals surface area (Å²) in [5.41, 5.74) is -0.562. The molecule has 2 heterocycles. The van der Waals surface area contributed by atoms with Crippen LogP contribution in [0.4, 0.5) is 41.2 Å². The summed E-state index contributed by atoms with van der Waals surface area (Å²) in [4.78, 5) is 16.1. The van der Waals surface area contributed by atoms with E-state index in [9.17, 15) is 35.5 Å². The van der Waals surface area contributed by atoms with Gasteiger partial charge in [0.25, 0.3) is 0 Å². The van der Waals surface area contributed by atoms with Crippen molar-refractivity contribution in [3.05, 3.63) is 83.3 Å². The largest absolute Gasteiger partial charge is 0.468 e. The third-order valence-electron chi connectivity index (χ3n) is 4.87. The normalized spacial score (nSPS) is 16.5. The second-order valence-electron chi connectivity index (χ2n) is 7.21. The molecule has 178 valence electrons. The number of urea groups is 1. The minimum absolute atomic E-state index is 0.0424. The van der Waals surface area contributed by atoms with Crippen LogP contribution >= 0.6 is 0 Å². The molecule has 1 unspecified atom stereocenters. The molecule has 34 heavy (non-hydrogen) atoms. The van der Waals surface area contributed by atoms with E-state index in [1.165, 1.54) is 12.1 Å². The molecule has 1 aliphatic heterocycles. The molecule has 2 amide bonds. The van der Waals surface area contributed by atoms with Crippen LogP contribution < -0.4 is 5.32 Å². The number of rotatable bonds is 3. The number of benzene rings is 2. The first-order chi connectivity index (χ1) is 15.9. The van der Waals surface area contributed by atoms with Crippen LogP contribution in [0.25, 0.3) is 0 Å². The lowest BCUT2D eigenvalue weighted by Crippen LogP contribution is -2.30. The maximum atomic E-state index is 13.3. The molecule has 4 rings (SSSR count). The van der Waals surface area contributed by atoms with Gasteiger partial charge in [-0.1, -0.05) is 12.1 Å². The molecule has 1 atom stereocenters. The molecule has 0 fully saturated rings. The Morgan fingerprint density at radius 3 is 2.18 bits per heavy atom. The number of alkyl halides is 6. The minimum Gasteiger partial charge on any atom is -0.441 e. The Morgan fingerprint density at radius 1 is 0.971 bits per heavy atom. The number of anilines is 1. The fraction of sp³-hybridized carbons (Fsp3) is 0.190. The molecule has 1 aliphatic rings. The number of oxazole rings is 1. The number of carbonyl (C=O) groups is 1. The second kappa shape index (κ2) is 8.47. The highest BCUT2D eigenvalue weighted by Gasteiger charge is 2.40. The lowest BCUT2D eigenvalue weighted by molar-refractivity contribution is -0.157. The van der Waals surface area contributed by atoms with Gasteiger partial charge in [-0.25, -0.2) is 19.2 Å². The van der Waals surface area contributed by atoms with E-state index in [1.807, 2.05) is 0 Å². The molecule has 6 nitrogen and oxygen atoms in total. The summed E-state index contributed by atoms with van der Waals surface area (Å²) in [7, 11) is 0. The molecule has 3 aromatic rings. The van der Waals surface area contributed by atoms with Gasteiger partial charge < -0.3 is 9.73 Å². The van der Waals surface area contributed by atoms with Gasteiger partial charge in [0, 0.05) is 5.69 Å². The Labute approximate surface area is 186 Å². The number of amides is 2. The van der Waals surface area contributed by atoms with Crippen molar-refractivity contribution < 1.29 is 39.9 Å². The van der Waals surface area contributed by atoms with Crippen LogP contribution in [0, 0.1) is 5.82 Å². The van der Waals surface area contributed by atoms with Crippen molar-refractivity contribution in [2.45, 2.75) is 18.3 Å². The predicted molar refractivity (Wildman–Crippen MR) is 104 cm³/mol. The third kappa shape index (κ3) is 4.87. The molecule has 1 N–H and O–H groups in total. The predicted octanol–water partition coefficient (Wildman–Crippen LogP) is 5.89. The molecule has 2 aromatic carbocycles. The van der Waals surface area contributed by atoms with Crippen molar-refractivity contribution in [1.29, 1.82) is 0 Å². The summed E-state index contributed by atoms with van der Waals surface area (Å²) in [6.07, 6.45) is -8.58. The van der Waals surface area contributed by atoms with Crippen LogP contribution in [0.15, 0.2) is 64.3 Å². The zero-order chi connectivity index (χ0) is 24.7. The van der Waals surface area contributed by atoms with E-state index in [0.717, 1.165) is 47.7 Å². The molecule has 0 radical (unpaired) electrons. The summed E-state index contributed by atoms with van der Waals surface area (Å²) in [5.74, 6) is -2.98. The van der Waals surface area contributed by atoms with Gasteiger partial charge in [-0.15, -0.1) is 0 Å². The van der Waals surface area contributed by atoms with Crippen molar-refractivity contribution in [3.8, 4) is 0 Å². The fourth-order valence-corrected chi connectivity index (χ4v) is 3.25. The van der Waals surface area contributed by atoms with Crippen molar-refractivity contribution in [2.24, 2.45) is 5.10 Å². The molecule has 13 heteroatoms. The van der Waals surface area contributed by atoms with Crippen LogP contribution in [0.3, 0.4) is 0 Å². The maximum absolute atomic E-state index is 13.3. The van der Waals surface area contributed by atoms with Gasteiger partial charge in [0.1, 0.15) is 12.1 Å². The number of carbonyl (C=O) groups excluding carboxylic acids is 1. The van der Waals surface area contributed by atoms with Crippen molar-refractivity contribution in [3.63, 3.8) is 0 Å². The number of hydrogen-bond donors (Lipinski definition) is 1. The summed E-state index contributed by atoms with van der Waals surface area (Å²) < 4.78 is 94.8. The fourth-order valence-electron chi connectivity index (χ4n) is 3.25.